The number of sulfonamides is 4. The number of benzene rings is 7. The SMILES string of the molecule is C=C(C)C(=C)OCC.C=C(C)C(=C)OCc1c(F)c(F)c(S(=O)(=O)[O-])c(F)c1F.C=C(C)C(=O)OC(CC(C)C)C(=C)OCC(C)(F)F.C=C(C)C(=O)OCC(C)(F)F.C=C(C)C(=O)Oc1c(F)c(F)c(C)c(F)c1F.C=C(C)c1ccc(OCC)cc1.C=C(C)c1ccc(OCc2c(F)c(F)c(S(=O)(=O)[O-])c(F)c2F)cc1.O=S(=O)(CC(F)(F)F)[N-]S(=O)(=O)c1ccccc1.O=S(=O)(CC(F)(F)F)[N-]S(=O)(=O)c1ccccc1. The Bertz CT molecular complexity index is 6490. The third-order valence-corrected chi connectivity index (χ3v) is 24.5. The van der Waals surface area contributed by atoms with E-state index in [1.54, 1.807) is 19.1 Å². The zero-order chi connectivity index (χ0) is 117. The summed E-state index contributed by atoms with van der Waals surface area (Å²) >= 11 is 0. The minimum absolute atomic E-state index is 0.0322. The second kappa shape index (κ2) is 60.3. The normalized spacial score (nSPS) is 11.6. The highest BCUT2D eigenvalue weighted by Crippen LogP contribution is 2.36. The molecule has 0 aliphatic carbocycles. The predicted octanol–water partition coefficient (Wildman–Crippen LogP) is 23.5. The molecule has 0 fully saturated rings. The average molecular weight is 2270 g/mol. The van der Waals surface area contributed by atoms with Crippen LogP contribution in [0.25, 0.3) is 19.4 Å². The number of hydrogen-bond donors (Lipinski definition) is 0. The van der Waals surface area contributed by atoms with Crippen LogP contribution in [0.3, 0.4) is 0 Å². The van der Waals surface area contributed by atoms with Crippen molar-refractivity contribution in [2.75, 3.05) is 37.9 Å². The molecule has 7 rings (SSSR count). The first kappa shape index (κ1) is 138. The minimum atomic E-state index is -5.74. The Kier molecular flexibility index (Phi) is 56.0. The Morgan fingerprint density at radius 2 is 0.698 bits per heavy atom. The number of ether oxygens (including phenoxy) is 8. The van der Waals surface area contributed by atoms with E-state index in [1.165, 1.54) is 81.8 Å². The van der Waals surface area contributed by atoms with Crippen LogP contribution in [0, 0.1) is 82.6 Å². The summed E-state index contributed by atoms with van der Waals surface area (Å²) in [5.41, 5.74) is 1.98. The van der Waals surface area contributed by atoms with Gasteiger partial charge in [-0.3, -0.25) is 0 Å². The molecule has 0 bridgehead atoms. The first-order valence-electron chi connectivity index (χ1n) is 41.1. The predicted molar refractivity (Wildman–Crippen MR) is 502 cm³/mol. The molecule has 149 heavy (non-hydrogen) atoms. The molecule has 0 N–H and O–H groups in total. The van der Waals surface area contributed by atoms with Gasteiger partial charge in [0.2, 0.25) is 17.4 Å². The number of alkyl halides is 10. The zero-order valence-corrected chi connectivity index (χ0v) is 86.2. The van der Waals surface area contributed by atoms with Gasteiger partial charge in [-0.05, 0) is 152 Å². The Morgan fingerprint density at radius 3 is 0.973 bits per heavy atom. The lowest BCUT2D eigenvalue weighted by Crippen LogP contribution is -2.26. The summed E-state index contributed by atoms with van der Waals surface area (Å²) < 4.78 is 479. The van der Waals surface area contributed by atoms with E-state index >= 15 is 0 Å². The van der Waals surface area contributed by atoms with E-state index in [-0.39, 0.29) is 39.9 Å². The smallest absolute Gasteiger partial charge is 0.401 e. The molecule has 0 saturated heterocycles. The van der Waals surface area contributed by atoms with Crippen LogP contribution in [0.1, 0.15) is 124 Å². The summed E-state index contributed by atoms with van der Waals surface area (Å²) in [6, 6.07) is 26.3. The van der Waals surface area contributed by atoms with Crippen molar-refractivity contribution in [2.24, 2.45) is 5.92 Å². The van der Waals surface area contributed by atoms with E-state index in [0.717, 1.165) is 66.1 Å². The van der Waals surface area contributed by atoms with Crippen molar-refractivity contribution < 1.29 is 208 Å². The van der Waals surface area contributed by atoms with E-state index in [1.807, 2.05) is 65.8 Å². The average Bonchev–Trinajstić information content (AvgIpc) is 0.771. The van der Waals surface area contributed by atoms with E-state index in [9.17, 15) is 171 Å². The molecule has 0 saturated carbocycles. The van der Waals surface area contributed by atoms with Crippen LogP contribution >= 0.6 is 0 Å². The van der Waals surface area contributed by atoms with Crippen molar-refractivity contribution in [3.05, 3.63) is 326 Å². The highest BCUT2D eigenvalue weighted by Gasteiger charge is 2.37. The first-order valence-corrected chi connectivity index (χ1v) is 50.0. The Labute approximate surface area is 846 Å². The monoisotopic (exact) mass is 2270 g/mol. The largest absolute Gasteiger partial charge is 0.744 e. The maximum absolute atomic E-state index is 13.8. The first-order chi connectivity index (χ1) is 67.6. The van der Waals surface area contributed by atoms with Crippen molar-refractivity contribution in [3.63, 3.8) is 0 Å². The van der Waals surface area contributed by atoms with Crippen LogP contribution in [-0.4, -0.2) is 146 Å². The van der Waals surface area contributed by atoms with Gasteiger partial charge in [0.1, 0.15) is 104 Å². The summed E-state index contributed by atoms with van der Waals surface area (Å²) in [4.78, 5) is 27.6. The fourth-order valence-electron chi connectivity index (χ4n) is 9.14. The summed E-state index contributed by atoms with van der Waals surface area (Å²) in [5, 5.41) is 0. The van der Waals surface area contributed by atoms with Crippen molar-refractivity contribution in [2.45, 2.75) is 166 Å². The van der Waals surface area contributed by atoms with Gasteiger partial charge >= 0.3 is 30.3 Å². The van der Waals surface area contributed by atoms with Gasteiger partial charge in [0, 0.05) is 45.9 Å². The molecule has 0 radical (unpaired) electrons. The van der Waals surface area contributed by atoms with Gasteiger partial charge in [0.25, 0.3) is 11.8 Å². The van der Waals surface area contributed by atoms with Crippen molar-refractivity contribution >= 4 is 89.4 Å². The molecule has 27 nitrogen and oxygen atoms in total. The van der Waals surface area contributed by atoms with E-state index in [2.05, 4.69) is 83.5 Å². The molecule has 830 valence electrons. The quantitative estimate of drug-likeness (QED) is 0.00510. The minimum Gasteiger partial charge on any atom is -0.744 e. The van der Waals surface area contributed by atoms with Crippen LogP contribution in [0.15, 0.2) is 240 Å². The van der Waals surface area contributed by atoms with Gasteiger partial charge in [0.05, 0.1) is 44.4 Å². The molecule has 0 heterocycles. The van der Waals surface area contributed by atoms with E-state index in [0.29, 0.717) is 37.9 Å². The lowest BCUT2D eigenvalue weighted by atomic mass is 10.0. The number of hydrogen-bond acceptors (Lipinski definition) is 25. The third-order valence-electron chi connectivity index (χ3n) is 16.3. The molecule has 0 spiro atoms. The second-order valence-electron chi connectivity index (χ2n) is 30.8. The molecule has 55 heteroatoms. The van der Waals surface area contributed by atoms with Crippen molar-refractivity contribution in [1.82, 2.24) is 0 Å². The number of carbonyl (C=O) groups is 3. The van der Waals surface area contributed by atoms with Gasteiger partial charge in [-0.1, -0.05) is 151 Å². The molecule has 7 aromatic carbocycles. The third kappa shape index (κ3) is 51.9. The maximum atomic E-state index is 13.8. The summed E-state index contributed by atoms with van der Waals surface area (Å²) in [6.45, 7) is 54.1. The highest BCUT2D eigenvalue weighted by molar-refractivity contribution is 8.12. The van der Waals surface area contributed by atoms with E-state index in [4.69, 9.17) is 28.4 Å². The molecule has 0 aliphatic heterocycles. The van der Waals surface area contributed by atoms with Crippen LogP contribution in [-0.2, 0) is 112 Å². The zero-order valence-electron chi connectivity index (χ0n) is 81.3. The maximum Gasteiger partial charge on any atom is 0.401 e. The molecule has 1 unspecified atom stereocenters. The number of esters is 3. The number of carbonyl (C=O) groups excluding carboxylic acids is 3. The highest BCUT2D eigenvalue weighted by atomic mass is 32.3. The summed E-state index contributed by atoms with van der Waals surface area (Å²) in [6.07, 6.45) is -10.4. The summed E-state index contributed by atoms with van der Waals surface area (Å²) in [7, 11) is -31.0. The van der Waals surface area contributed by atoms with E-state index < -0.39 is 258 Å². The Balaban J connectivity index is 0. The molecular weight excluding hydrogens is 2170 g/mol. The second-order valence-corrected chi connectivity index (χ2v) is 40.4. The number of rotatable bonds is 37. The van der Waals surface area contributed by atoms with Gasteiger partial charge < -0.3 is 55.3 Å². The molecular formula is C94H100F22N2O25S6-4. The molecule has 0 aromatic heterocycles. The van der Waals surface area contributed by atoms with Crippen molar-refractivity contribution in [3.8, 4) is 17.2 Å². The van der Waals surface area contributed by atoms with Crippen LogP contribution in [0.5, 0.6) is 17.2 Å². The molecule has 0 aliphatic rings. The summed E-state index contributed by atoms with van der Waals surface area (Å²) in [5.74, 6) is -36.6. The lowest BCUT2D eigenvalue weighted by Gasteiger charge is -2.23. The van der Waals surface area contributed by atoms with Crippen LogP contribution in [0.4, 0.5) is 96.6 Å². The number of allylic oxidation sites excluding steroid dienone is 4. The van der Waals surface area contributed by atoms with Crippen molar-refractivity contribution in [1.29, 1.82) is 0 Å². The van der Waals surface area contributed by atoms with Gasteiger partial charge in [-0.15, -0.1) is 0 Å². The fourth-order valence-corrected chi connectivity index (χ4v) is 15.7. The molecule has 0 amide bonds. The molecule has 1 atom stereocenters. The molecule has 7 aromatic rings. The topological polar surface area (TPSA) is 404 Å². The van der Waals surface area contributed by atoms with Crippen LogP contribution < -0.4 is 14.2 Å². The van der Waals surface area contributed by atoms with Gasteiger partial charge in [-0.2, -0.15) is 35.1 Å². The number of halogens is 22. The van der Waals surface area contributed by atoms with Gasteiger partial charge in [0.15, 0.2) is 77.5 Å². The lowest BCUT2D eigenvalue weighted by molar-refractivity contribution is -0.149. The number of nitrogens with zero attached hydrogens (tertiary/aromatic N) is 2. The van der Waals surface area contributed by atoms with Crippen LogP contribution in [0.2, 0.25) is 0 Å². The Hall–Kier alpha value is -12.7. The Morgan fingerprint density at radius 1 is 0.383 bits per heavy atom. The fraction of sp³-hybridized carbons (Fsp3) is 0.309. The standard InChI is InChI=1S/C16H12F4O4S.C14H22F2O3.C12H10F4O4S.C11H8F4O2.C11H14O.2C8H7F3NO4S2.C7H10F2O2.C7H12O/c1-8(2)9-3-5-10(6-4-9)24-7-11-12(17)14(19)16(25(21,22)23)15(20)13(11)18;1-9(2)7-12(19-13(17)10(3)4)11(5)18-8-14(6,15)16;1-5(2)6(3)20-4-7-8(13)10(15)12(21(17,18)19)11(16)9(7)14;1-4(2)11(16)17-10-8(14)6(12)5(3)7(13)9(10)15;1-4-12-11-7-5-10(6-8-11)9(2)3;2*9-8(10,11)6-17(13,14)12-18(15,16)7-4-2-1-3-5-7;1-5(2)6(10)11-4-7(3,8)9;1-5-8-7(4)6(2)3/h3-6H,1,7H2,2H3,(H,21,22,23);9,12H,3,5,7-8H2,1-2,4,6H3;1,3-4H2,2H3,(H,17,18,19);1H2,2-3H3;5-8H,2,4H2,1,3H3;2*1-5H,6H2;1,4H2,2-3H3;2,4-5H2,1,3H3/q;;;;;2*-1;;/p-2. The van der Waals surface area contributed by atoms with Gasteiger partial charge in [-0.25, -0.2) is 126 Å².